The Balaban J connectivity index is 1.67. The molecule has 0 spiro atoms. The summed E-state index contributed by atoms with van der Waals surface area (Å²) < 4.78 is 32.7. The van der Waals surface area contributed by atoms with E-state index in [1.807, 2.05) is 0 Å². The number of carboxylic acid groups (broad SMARTS) is 1. The summed E-state index contributed by atoms with van der Waals surface area (Å²) in [6.07, 6.45) is 0.0429. The quantitative estimate of drug-likeness (QED) is 0.633. The Morgan fingerprint density at radius 3 is 2.38 bits per heavy atom. The zero-order valence-electron chi connectivity index (χ0n) is 15.6. The molecular formula is C19H22N4O5S. The average Bonchev–Trinajstić information content (AvgIpc) is 2.73. The van der Waals surface area contributed by atoms with E-state index in [-0.39, 0.29) is 11.3 Å². The first-order chi connectivity index (χ1) is 13.9. The van der Waals surface area contributed by atoms with Crippen molar-refractivity contribution < 1.29 is 23.1 Å². The summed E-state index contributed by atoms with van der Waals surface area (Å²) in [5, 5.41) is 19.4. The minimum absolute atomic E-state index is 0.0397. The summed E-state index contributed by atoms with van der Waals surface area (Å²) in [4.78, 5) is 11.5. The molecule has 1 aliphatic rings. The highest BCUT2D eigenvalue weighted by Gasteiger charge is 2.25. The second-order valence-corrected chi connectivity index (χ2v) is 8.17. The van der Waals surface area contributed by atoms with Crippen molar-refractivity contribution >= 4 is 21.7 Å². The molecule has 1 atom stereocenters. The van der Waals surface area contributed by atoms with Gasteiger partial charge in [-0.25, -0.2) is 8.42 Å². The lowest BCUT2D eigenvalue weighted by molar-refractivity contribution is -0.138. The molecule has 2 aromatic carbocycles. The molecule has 2 N–H and O–H groups in total. The highest BCUT2D eigenvalue weighted by atomic mass is 32.2. The molecule has 2 aromatic rings. The Kier molecular flexibility index (Phi) is 6.91. The molecular weight excluding hydrogens is 396 g/mol. The average molecular weight is 418 g/mol. The van der Waals surface area contributed by atoms with Crippen molar-refractivity contribution in [2.45, 2.75) is 17.4 Å². The monoisotopic (exact) mass is 418 g/mol. The predicted octanol–water partition coefficient (Wildman–Crippen LogP) is 1.99. The van der Waals surface area contributed by atoms with Crippen LogP contribution in [0.3, 0.4) is 0 Å². The number of hydrogen-bond acceptors (Lipinski definition) is 6. The van der Waals surface area contributed by atoms with Gasteiger partial charge < -0.3 is 9.84 Å². The molecule has 0 saturated carbocycles. The molecule has 0 bridgehead atoms. The largest absolute Gasteiger partial charge is 0.480 e. The zero-order valence-corrected chi connectivity index (χ0v) is 16.5. The second kappa shape index (κ2) is 9.59. The molecule has 3 rings (SSSR count). The lowest BCUT2D eigenvalue weighted by atomic mass is 10.1. The maximum atomic E-state index is 12.6. The smallest absolute Gasteiger partial charge is 0.322 e. The first-order valence-corrected chi connectivity index (χ1v) is 10.6. The lowest BCUT2D eigenvalue weighted by Crippen LogP contribution is -2.42. The Morgan fingerprint density at radius 2 is 1.76 bits per heavy atom. The van der Waals surface area contributed by atoms with Crippen molar-refractivity contribution in [3.05, 3.63) is 60.2 Å². The van der Waals surface area contributed by atoms with Crippen molar-refractivity contribution in [2.75, 3.05) is 26.3 Å². The summed E-state index contributed by atoms with van der Waals surface area (Å²) in [7, 11) is -4.01. The van der Waals surface area contributed by atoms with E-state index in [9.17, 15) is 18.3 Å². The van der Waals surface area contributed by atoms with Crippen LogP contribution in [0.5, 0.6) is 0 Å². The summed E-state index contributed by atoms with van der Waals surface area (Å²) in [6, 6.07) is 13.4. The van der Waals surface area contributed by atoms with Gasteiger partial charge in [-0.15, -0.1) is 5.11 Å². The molecule has 154 valence electrons. The first kappa shape index (κ1) is 20.9. The van der Waals surface area contributed by atoms with Gasteiger partial charge in [0.2, 0.25) is 10.0 Å². The number of rotatable bonds is 8. The van der Waals surface area contributed by atoms with Crippen molar-refractivity contribution in [3.8, 4) is 0 Å². The van der Waals surface area contributed by atoms with Gasteiger partial charge >= 0.3 is 5.97 Å². The number of nitrogens with one attached hydrogen (secondary N) is 1. The number of benzene rings is 2. The first-order valence-electron chi connectivity index (χ1n) is 9.07. The van der Waals surface area contributed by atoms with E-state index in [0.29, 0.717) is 32.0 Å². The van der Waals surface area contributed by atoms with Gasteiger partial charge in [0.25, 0.3) is 0 Å². The molecule has 1 aliphatic heterocycles. The highest BCUT2D eigenvalue weighted by Crippen LogP contribution is 2.18. The third-order valence-corrected chi connectivity index (χ3v) is 5.79. The molecule has 0 aromatic heterocycles. The molecule has 0 unspecified atom stereocenters. The van der Waals surface area contributed by atoms with Crippen molar-refractivity contribution in [1.82, 2.24) is 9.73 Å². The van der Waals surface area contributed by atoms with E-state index in [1.54, 1.807) is 35.3 Å². The van der Waals surface area contributed by atoms with Crippen LogP contribution >= 0.6 is 0 Å². The van der Waals surface area contributed by atoms with E-state index in [0.717, 1.165) is 5.56 Å². The van der Waals surface area contributed by atoms with Crippen LogP contribution in [0.15, 0.2) is 69.8 Å². The number of carboxylic acids is 1. The zero-order chi connectivity index (χ0) is 20.7. The molecule has 0 amide bonds. The van der Waals surface area contributed by atoms with Gasteiger partial charge in [-0.1, -0.05) is 35.6 Å². The van der Waals surface area contributed by atoms with Crippen LogP contribution in [-0.4, -0.2) is 56.8 Å². The van der Waals surface area contributed by atoms with Crippen LogP contribution in [0, 0.1) is 0 Å². The Bertz CT molecular complexity index is 942. The minimum Gasteiger partial charge on any atom is -0.480 e. The highest BCUT2D eigenvalue weighted by molar-refractivity contribution is 7.89. The third-order valence-electron chi connectivity index (χ3n) is 4.30. The third kappa shape index (κ3) is 6.08. The maximum absolute atomic E-state index is 12.6. The fourth-order valence-electron chi connectivity index (χ4n) is 2.73. The summed E-state index contributed by atoms with van der Waals surface area (Å²) in [6.45, 7) is 2.49. The molecule has 10 heteroatoms. The van der Waals surface area contributed by atoms with E-state index in [4.69, 9.17) is 4.74 Å². The van der Waals surface area contributed by atoms with Crippen molar-refractivity contribution in [3.63, 3.8) is 0 Å². The van der Waals surface area contributed by atoms with Gasteiger partial charge in [0.05, 0.1) is 36.9 Å². The normalized spacial score (nSPS) is 16.1. The van der Waals surface area contributed by atoms with E-state index < -0.39 is 22.0 Å². The predicted molar refractivity (Wildman–Crippen MR) is 105 cm³/mol. The number of carbonyl (C=O) groups is 1. The Morgan fingerprint density at radius 1 is 1.10 bits per heavy atom. The van der Waals surface area contributed by atoms with Crippen LogP contribution in [0.25, 0.3) is 0 Å². The maximum Gasteiger partial charge on any atom is 0.322 e. The van der Waals surface area contributed by atoms with Gasteiger partial charge in [-0.2, -0.15) is 4.72 Å². The topological polar surface area (TPSA) is 121 Å². The molecule has 1 saturated heterocycles. The van der Waals surface area contributed by atoms with E-state index in [1.165, 1.54) is 24.3 Å². The molecule has 29 heavy (non-hydrogen) atoms. The van der Waals surface area contributed by atoms with Crippen molar-refractivity contribution in [1.29, 1.82) is 0 Å². The van der Waals surface area contributed by atoms with Crippen LogP contribution < -0.4 is 4.72 Å². The molecule has 9 nitrogen and oxygen atoms in total. The van der Waals surface area contributed by atoms with Crippen LogP contribution in [0.4, 0.5) is 5.69 Å². The Labute approximate surface area is 169 Å². The fraction of sp³-hybridized carbons (Fsp3) is 0.316. The summed E-state index contributed by atoms with van der Waals surface area (Å²) in [5.74, 6) is -1.24. The van der Waals surface area contributed by atoms with Gasteiger partial charge in [0.15, 0.2) is 0 Å². The van der Waals surface area contributed by atoms with Gasteiger partial charge in [-0.3, -0.25) is 9.80 Å². The van der Waals surface area contributed by atoms with Gasteiger partial charge in [0.1, 0.15) is 6.04 Å². The standard InChI is InChI=1S/C19H22N4O5S/c24-19(25)18(14-15-4-2-1-3-5-15)21-29(26,27)17-8-6-16(7-9-17)20-22-23-10-12-28-13-11-23/h1-9,18,21H,10-14H2,(H,24,25)/t18-/m0/s1. The minimum atomic E-state index is -4.01. The summed E-state index contributed by atoms with van der Waals surface area (Å²) >= 11 is 0. The summed E-state index contributed by atoms with van der Waals surface area (Å²) in [5.41, 5.74) is 1.22. The van der Waals surface area contributed by atoms with E-state index >= 15 is 0 Å². The van der Waals surface area contributed by atoms with E-state index in [2.05, 4.69) is 15.1 Å². The van der Waals surface area contributed by atoms with Crippen LogP contribution in [-0.2, 0) is 26.0 Å². The lowest BCUT2D eigenvalue weighted by Gasteiger charge is -2.22. The van der Waals surface area contributed by atoms with Crippen molar-refractivity contribution in [2.24, 2.45) is 10.3 Å². The molecule has 0 radical (unpaired) electrons. The number of ether oxygens (including phenoxy) is 1. The molecule has 1 fully saturated rings. The number of nitrogens with zero attached hydrogens (tertiary/aromatic N) is 3. The second-order valence-electron chi connectivity index (χ2n) is 6.45. The number of sulfonamides is 1. The fourth-order valence-corrected chi connectivity index (χ4v) is 3.92. The van der Waals surface area contributed by atoms with Crippen LogP contribution in [0.1, 0.15) is 5.56 Å². The SMILES string of the molecule is O=C(O)[C@H](Cc1ccccc1)NS(=O)(=O)c1ccc(N=NN2CCOCC2)cc1. The van der Waals surface area contributed by atoms with Gasteiger partial charge in [-0.05, 0) is 36.2 Å². The number of aliphatic carboxylic acids is 1. The molecule has 0 aliphatic carbocycles. The number of hydrogen-bond donors (Lipinski definition) is 2. The van der Waals surface area contributed by atoms with Gasteiger partial charge in [0, 0.05) is 0 Å². The Hall–Kier alpha value is -2.82. The molecule has 1 heterocycles. The van der Waals surface area contributed by atoms with Crippen LogP contribution in [0.2, 0.25) is 0 Å². The number of morpholine rings is 1.